The van der Waals surface area contributed by atoms with E-state index in [0.29, 0.717) is 33.6 Å². The van der Waals surface area contributed by atoms with E-state index in [1.165, 1.54) is 18.2 Å². The lowest BCUT2D eigenvalue weighted by Crippen LogP contribution is -2.03. The van der Waals surface area contributed by atoms with E-state index in [0.717, 1.165) is 0 Å². The maximum Gasteiger partial charge on any atom is 0.426 e. The first-order valence-electron chi connectivity index (χ1n) is 8.46. The molecule has 0 saturated heterocycles. The average molecular weight is 402 g/mol. The smallest absolute Gasteiger partial charge is 0.426 e. The molecule has 144 valence electrons. The Hall–Kier alpha value is -2.86. The molecule has 0 unspecified atom stereocenters. The number of allylic oxidation sites excluding steroid dienone is 1. The molecule has 0 radical (unpaired) electrons. The largest absolute Gasteiger partial charge is 0.507 e. The number of alkyl halides is 3. The van der Waals surface area contributed by atoms with Crippen LogP contribution < -0.4 is 0 Å². The second-order valence-electron chi connectivity index (χ2n) is 6.42. The van der Waals surface area contributed by atoms with Crippen LogP contribution in [0.25, 0.3) is 17.2 Å². The summed E-state index contributed by atoms with van der Waals surface area (Å²) in [6.07, 6.45) is -1.74. The number of carbonyl (C=O) groups is 1. The maximum absolute atomic E-state index is 13.4. The lowest BCUT2D eigenvalue weighted by Gasteiger charge is -2.07. The molecule has 0 amide bonds. The Bertz CT molecular complexity index is 1020. The fourth-order valence-corrected chi connectivity index (χ4v) is 3.86. The first-order chi connectivity index (χ1) is 13.2. The minimum absolute atomic E-state index is 0.00572. The molecule has 1 N–H and O–H groups in total. The summed E-state index contributed by atoms with van der Waals surface area (Å²) in [7, 11) is 0. The van der Waals surface area contributed by atoms with Gasteiger partial charge in [-0.15, -0.1) is 11.3 Å². The van der Waals surface area contributed by atoms with Gasteiger partial charge in [-0.05, 0) is 60.4 Å². The van der Waals surface area contributed by atoms with Gasteiger partial charge >= 0.3 is 6.18 Å². The number of thiophene rings is 1. The standard InChI is InChI=1S/C22H17F3O2S/c1-13-10-15(11-14(2)20(13)27)8-9-18(26)19-12-17(16-6-4-3-5-7-16)21(28-19)22(23,24)25/h3-12,27H,1-2H3. The van der Waals surface area contributed by atoms with Crippen LogP contribution in [-0.4, -0.2) is 10.9 Å². The molecule has 2 nitrogen and oxygen atoms in total. The predicted octanol–water partition coefficient (Wildman–Crippen LogP) is 6.65. The Balaban J connectivity index is 1.95. The average Bonchev–Trinajstić information content (AvgIpc) is 3.11. The number of aryl methyl sites for hydroxylation is 2. The molecule has 0 aliphatic heterocycles. The minimum atomic E-state index is -4.54. The van der Waals surface area contributed by atoms with Crippen molar-refractivity contribution >= 4 is 23.2 Å². The molecule has 2 aromatic carbocycles. The monoisotopic (exact) mass is 402 g/mol. The molecule has 0 saturated carbocycles. The van der Waals surface area contributed by atoms with Crippen molar-refractivity contribution in [3.63, 3.8) is 0 Å². The summed E-state index contributed by atoms with van der Waals surface area (Å²) < 4.78 is 40.3. The van der Waals surface area contributed by atoms with Crippen molar-refractivity contribution in [2.24, 2.45) is 0 Å². The van der Waals surface area contributed by atoms with Crippen molar-refractivity contribution in [2.45, 2.75) is 20.0 Å². The van der Waals surface area contributed by atoms with Crippen LogP contribution in [0.2, 0.25) is 0 Å². The number of phenolic OH excluding ortho intramolecular Hbond substituents is 1. The van der Waals surface area contributed by atoms with Crippen molar-refractivity contribution in [3.05, 3.63) is 81.1 Å². The molecule has 1 heterocycles. The number of ketones is 1. The van der Waals surface area contributed by atoms with E-state index in [1.54, 1.807) is 56.3 Å². The molecule has 3 rings (SSSR count). The number of rotatable bonds is 4. The van der Waals surface area contributed by atoms with Crippen LogP contribution in [0.15, 0.2) is 54.6 Å². The lowest BCUT2D eigenvalue weighted by atomic mass is 10.0. The van der Waals surface area contributed by atoms with Crippen LogP contribution in [0.1, 0.15) is 31.2 Å². The van der Waals surface area contributed by atoms with Gasteiger partial charge in [-0.2, -0.15) is 13.2 Å². The van der Waals surface area contributed by atoms with E-state index < -0.39 is 16.8 Å². The number of hydrogen-bond donors (Lipinski definition) is 1. The Morgan fingerprint density at radius 3 is 2.21 bits per heavy atom. The lowest BCUT2D eigenvalue weighted by molar-refractivity contribution is -0.133. The molecule has 0 atom stereocenters. The van der Waals surface area contributed by atoms with Crippen LogP contribution in [-0.2, 0) is 6.18 Å². The van der Waals surface area contributed by atoms with Gasteiger partial charge < -0.3 is 5.11 Å². The molecule has 28 heavy (non-hydrogen) atoms. The highest BCUT2D eigenvalue weighted by Crippen LogP contribution is 2.43. The highest BCUT2D eigenvalue weighted by atomic mass is 32.1. The molecule has 0 aliphatic rings. The first kappa shape index (κ1) is 19.9. The second-order valence-corrected chi connectivity index (χ2v) is 7.47. The third-order valence-corrected chi connectivity index (χ3v) is 5.45. The Labute approximate surface area is 164 Å². The van der Waals surface area contributed by atoms with Gasteiger partial charge in [0.15, 0.2) is 5.78 Å². The van der Waals surface area contributed by atoms with Crippen LogP contribution in [0.4, 0.5) is 13.2 Å². The van der Waals surface area contributed by atoms with Crippen LogP contribution in [0, 0.1) is 13.8 Å². The fraction of sp³-hybridized carbons (Fsp3) is 0.136. The van der Waals surface area contributed by atoms with Crippen molar-refractivity contribution in [1.29, 1.82) is 0 Å². The number of hydrogen-bond acceptors (Lipinski definition) is 3. The number of phenols is 1. The zero-order valence-electron chi connectivity index (χ0n) is 15.2. The third-order valence-electron chi connectivity index (χ3n) is 4.26. The Kier molecular flexibility index (Phi) is 5.42. The molecule has 0 fully saturated rings. The summed E-state index contributed by atoms with van der Waals surface area (Å²) in [5.41, 5.74) is 2.44. The van der Waals surface area contributed by atoms with Crippen LogP contribution >= 0.6 is 11.3 Å². The molecule has 6 heteroatoms. The van der Waals surface area contributed by atoms with Crippen LogP contribution in [0.5, 0.6) is 5.75 Å². The van der Waals surface area contributed by atoms with Crippen LogP contribution in [0.3, 0.4) is 0 Å². The van der Waals surface area contributed by atoms with E-state index in [-0.39, 0.29) is 16.2 Å². The molecule has 1 aromatic heterocycles. The topological polar surface area (TPSA) is 37.3 Å². The van der Waals surface area contributed by atoms with Crippen molar-refractivity contribution in [2.75, 3.05) is 0 Å². The molecular formula is C22H17F3O2S. The van der Waals surface area contributed by atoms with Gasteiger partial charge in [0.2, 0.25) is 0 Å². The molecule has 0 aliphatic carbocycles. The minimum Gasteiger partial charge on any atom is -0.507 e. The third kappa shape index (κ3) is 4.17. The van der Waals surface area contributed by atoms with Crippen molar-refractivity contribution in [1.82, 2.24) is 0 Å². The highest BCUT2D eigenvalue weighted by Gasteiger charge is 2.36. The number of benzene rings is 2. The summed E-state index contributed by atoms with van der Waals surface area (Å²) in [6.45, 7) is 3.48. The van der Waals surface area contributed by atoms with Crippen molar-refractivity contribution < 1.29 is 23.1 Å². The summed E-state index contributed by atoms with van der Waals surface area (Å²) >= 11 is 0.447. The Morgan fingerprint density at radius 2 is 1.64 bits per heavy atom. The predicted molar refractivity (Wildman–Crippen MR) is 106 cm³/mol. The van der Waals surface area contributed by atoms with E-state index in [4.69, 9.17) is 0 Å². The van der Waals surface area contributed by atoms with Crippen molar-refractivity contribution in [3.8, 4) is 16.9 Å². The fourth-order valence-electron chi connectivity index (χ4n) is 2.89. The second kappa shape index (κ2) is 7.64. The van der Waals surface area contributed by atoms with E-state index in [2.05, 4.69) is 0 Å². The molecule has 0 bridgehead atoms. The molecular weight excluding hydrogens is 385 g/mol. The summed E-state index contributed by atoms with van der Waals surface area (Å²) in [5.74, 6) is -0.315. The van der Waals surface area contributed by atoms with E-state index in [9.17, 15) is 23.1 Å². The molecule has 0 spiro atoms. The number of carbonyl (C=O) groups excluding carboxylic acids is 1. The Morgan fingerprint density at radius 1 is 1.04 bits per heavy atom. The number of aromatic hydroxyl groups is 1. The van der Waals surface area contributed by atoms with Gasteiger partial charge in [-0.3, -0.25) is 4.79 Å². The van der Waals surface area contributed by atoms with Gasteiger partial charge in [0.25, 0.3) is 0 Å². The zero-order chi connectivity index (χ0) is 20.5. The summed E-state index contributed by atoms with van der Waals surface area (Å²) in [4.78, 5) is 11.7. The number of halogens is 3. The maximum atomic E-state index is 13.4. The zero-order valence-corrected chi connectivity index (χ0v) is 16.0. The normalized spacial score (nSPS) is 11.9. The summed E-state index contributed by atoms with van der Waals surface area (Å²) in [6, 6.07) is 12.9. The SMILES string of the molecule is Cc1cc(C=CC(=O)c2cc(-c3ccccc3)c(C(F)(F)F)s2)cc(C)c1O. The molecule has 3 aromatic rings. The van der Waals surface area contributed by atoms with Gasteiger partial charge in [0.05, 0.1) is 4.88 Å². The van der Waals surface area contributed by atoms with Gasteiger partial charge in [-0.1, -0.05) is 36.4 Å². The quantitative estimate of drug-likeness (QED) is 0.392. The van der Waals surface area contributed by atoms with Gasteiger partial charge in [-0.25, -0.2) is 0 Å². The van der Waals surface area contributed by atoms with Gasteiger partial charge in [0.1, 0.15) is 10.6 Å². The van der Waals surface area contributed by atoms with Gasteiger partial charge in [0, 0.05) is 5.56 Å². The first-order valence-corrected chi connectivity index (χ1v) is 9.27. The van der Waals surface area contributed by atoms with E-state index in [1.807, 2.05) is 0 Å². The summed E-state index contributed by atoms with van der Waals surface area (Å²) in [5, 5.41) is 9.81. The van der Waals surface area contributed by atoms with E-state index >= 15 is 0 Å². The highest BCUT2D eigenvalue weighted by molar-refractivity contribution is 7.14.